The second-order valence-corrected chi connectivity index (χ2v) is 5.84. The highest BCUT2D eigenvalue weighted by molar-refractivity contribution is 5.78. The molecule has 0 radical (unpaired) electrons. The number of nitrogens with zero attached hydrogens (tertiary/aromatic N) is 1. The number of rotatable bonds is 3. The molecule has 1 heterocycles. The van der Waals surface area contributed by atoms with Crippen LogP contribution in [0.4, 0.5) is 0 Å². The van der Waals surface area contributed by atoms with E-state index < -0.39 is 0 Å². The number of para-hydroxylation sites is 1. The van der Waals surface area contributed by atoms with E-state index in [4.69, 9.17) is 4.74 Å². The number of pyridine rings is 1. The van der Waals surface area contributed by atoms with Crippen molar-refractivity contribution in [2.45, 2.75) is 46.3 Å². The first-order valence-corrected chi connectivity index (χ1v) is 6.96. The van der Waals surface area contributed by atoms with Gasteiger partial charge in [0.2, 0.25) is 5.88 Å². The van der Waals surface area contributed by atoms with Crippen molar-refractivity contribution in [2.24, 2.45) is 0 Å². The molecule has 0 amide bonds. The summed E-state index contributed by atoms with van der Waals surface area (Å²) in [6, 6.07) is 12.0. The lowest BCUT2D eigenvalue weighted by Gasteiger charge is -2.14. The van der Waals surface area contributed by atoms with Crippen LogP contribution in [0.2, 0.25) is 0 Å². The quantitative estimate of drug-likeness (QED) is 0.802. The Hall–Kier alpha value is -2.10. The van der Waals surface area contributed by atoms with Gasteiger partial charge in [-0.15, -0.1) is 0 Å². The topological polar surface area (TPSA) is 48.4 Å². The predicted octanol–water partition coefficient (Wildman–Crippen LogP) is 3.98. The molecule has 114 valence electrons. The van der Waals surface area contributed by atoms with Crippen LogP contribution in [0.3, 0.4) is 0 Å². The van der Waals surface area contributed by atoms with Crippen molar-refractivity contribution in [2.75, 3.05) is 0 Å². The molecule has 0 unspecified atom stereocenters. The molecule has 0 aliphatic heterocycles. The fourth-order valence-electron chi connectivity index (χ4n) is 1.50. The highest BCUT2D eigenvalue weighted by Gasteiger charge is 2.07. The highest BCUT2D eigenvalue weighted by atomic mass is 16.5. The third-order valence-electron chi connectivity index (χ3n) is 2.33. The smallest absolute Gasteiger partial charge is 0.293 e. The number of ether oxygens (including phenoxy) is 2. The van der Waals surface area contributed by atoms with Crippen LogP contribution in [-0.4, -0.2) is 23.2 Å². The van der Waals surface area contributed by atoms with Crippen LogP contribution < -0.4 is 4.74 Å². The van der Waals surface area contributed by atoms with E-state index in [0.29, 0.717) is 12.4 Å². The summed E-state index contributed by atoms with van der Waals surface area (Å²) in [6.07, 6.45) is 0.170. The molecule has 2 aromatic rings. The normalized spacial score (nSPS) is 10.8. The molecule has 0 aliphatic carbocycles. The minimum Gasteiger partial charge on any atom is -0.475 e. The summed E-state index contributed by atoms with van der Waals surface area (Å²) in [5.74, 6) is 0.693. The van der Waals surface area contributed by atoms with E-state index in [2.05, 4.69) is 9.72 Å². The van der Waals surface area contributed by atoms with Crippen molar-refractivity contribution in [3.05, 3.63) is 36.4 Å². The summed E-state index contributed by atoms with van der Waals surface area (Å²) in [7, 11) is 0. The maximum atomic E-state index is 9.60. The number of fused-ring (bicyclic) bond motifs is 1. The Labute approximate surface area is 126 Å². The minimum absolute atomic E-state index is 0.170. The molecular weight excluding hydrogens is 266 g/mol. The largest absolute Gasteiger partial charge is 0.475 e. The summed E-state index contributed by atoms with van der Waals surface area (Å²) >= 11 is 0. The zero-order valence-corrected chi connectivity index (χ0v) is 13.3. The summed E-state index contributed by atoms with van der Waals surface area (Å²) in [5.41, 5.74) is 0.660. The lowest BCUT2D eigenvalue weighted by molar-refractivity contribution is -0.138. The van der Waals surface area contributed by atoms with Crippen LogP contribution in [0.25, 0.3) is 10.9 Å². The second kappa shape index (κ2) is 7.62. The third kappa shape index (κ3) is 6.75. The maximum Gasteiger partial charge on any atom is 0.293 e. The maximum absolute atomic E-state index is 9.60. The van der Waals surface area contributed by atoms with Crippen molar-refractivity contribution in [3.8, 4) is 5.88 Å². The summed E-state index contributed by atoms with van der Waals surface area (Å²) in [4.78, 5) is 14.0. The van der Waals surface area contributed by atoms with E-state index in [9.17, 15) is 4.79 Å². The van der Waals surface area contributed by atoms with Gasteiger partial charge in [-0.25, -0.2) is 4.98 Å². The molecular formula is C17H23NO3. The Balaban J connectivity index is 0.000000270. The minimum atomic E-state index is -0.318. The lowest BCUT2D eigenvalue weighted by Crippen LogP contribution is -2.17. The van der Waals surface area contributed by atoms with Crippen molar-refractivity contribution in [3.63, 3.8) is 0 Å². The zero-order chi connectivity index (χ0) is 15.9. The molecule has 0 atom stereocenters. The van der Waals surface area contributed by atoms with Crippen molar-refractivity contribution in [1.29, 1.82) is 0 Å². The van der Waals surface area contributed by atoms with Crippen molar-refractivity contribution >= 4 is 17.4 Å². The molecule has 0 saturated heterocycles. The molecule has 0 aliphatic rings. The Morgan fingerprint density at radius 1 is 1.10 bits per heavy atom. The summed E-state index contributed by atoms with van der Waals surface area (Å²) in [6.45, 7) is 9.91. The van der Waals surface area contributed by atoms with Crippen LogP contribution in [0.15, 0.2) is 36.4 Å². The van der Waals surface area contributed by atoms with Gasteiger partial charge in [0.1, 0.15) is 5.60 Å². The molecule has 4 heteroatoms. The molecule has 21 heavy (non-hydrogen) atoms. The highest BCUT2D eigenvalue weighted by Crippen LogP contribution is 2.16. The Morgan fingerprint density at radius 3 is 2.29 bits per heavy atom. The monoisotopic (exact) mass is 289 g/mol. The number of aromatic nitrogens is 1. The Kier molecular flexibility index (Phi) is 6.15. The molecule has 1 aromatic carbocycles. The van der Waals surface area contributed by atoms with Gasteiger partial charge in [-0.3, -0.25) is 4.79 Å². The van der Waals surface area contributed by atoms with Gasteiger partial charge in [0, 0.05) is 11.5 Å². The van der Waals surface area contributed by atoms with E-state index in [-0.39, 0.29) is 11.7 Å². The van der Waals surface area contributed by atoms with Crippen molar-refractivity contribution in [1.82, 2.24) is 4.98 Å². The Morgan fingerprint density at radius 2 is 1.76 bits per heavy atom. The van der Waals surface area contributed by atoms with Crippen molar-refractivity contribution < 1.29 is 14.3 Å². The van der Waals surface area contributed by atoms with E-state index in [1.807, 2.05) is 71.0 Å². The van der Waals surface area contributed by atoms with Crippen LogP contribution in [0.5, 0.6) is 5.88 Å². The third-order valence-corrected chi connectivity index (χ3v) is 2.33. The molecule has 0 bridgehead atoms. The van der Waals surface area contributed by atoms with E-state index in [1.165, 1.54) is 0 Å². The molecule has 0 N–H and O–H groups in total. The number of carbonyl (C=O) groups is 1. The van der Waals surface area contributed by atoms with Crippen LogP contribution in [0, 0.1) is 0 Å². The number of benzene rings is 1. The zero-order valence-electron chi connectivity index (χ0n) is 13.3. The number of carbonyl (C=O) groups excluding carboxylic acids is 1. The lowest BCUT2D eigenvalue weighted by atomic mass is 10.2. The van der Waals surface area contributed by atoms with Gasteiger partial charge in [0.25, 0.3) is 6.47 Å². The fourth-order valence-corrected chi connectivity index (χ4v) is 1.50. The van der Waals surface area contributed by atoms with Gasteiger partial charge in [0.05, 0.1) is 11.6 Å². The molecule has 0 saturated carbocycles. The van der Waals surface area contributed by atoms with Crippen LogP contribution in [0.1, 0.15) is 34.6 Å². The first kappa shape index (κ1) is 17.0. The standard InChI is InChI=1S/C12H13NO.C5H10O2/c1-9(2)14-12-8-7-10-5-3-4-6-11(10)13-12;1-5(2,3)7-4-6/h3-9H,1-2H3;4H,1-3H3. The second-order valence-electron chi connectivity index (χ2n) is 5.84. The number of hydrogen-bond acceptors (Lipinski definition) is 4. The number of hydrogen-bond donors (Lipinski definition) is 0. The summed E-state index contributed by atoms with van der Waals surface area (Å²) < 4.78 is 10.1. The average molecular weight is 289 g/mol. The van der Waals surface area contributed by atoms with Gasteiger partial charge in [-0.2, -0.15) is 0 Å². The molecule has 2 rings (SSSR count). The van der Waals surface area contributed by atoms with Gasteiger partial charge >= 0.3 is 0 Å². The van der Waals surface area contributed by atoms with Crippen LogP contribution >= 0.6 is 0 Å². The molecule has 1 aromatic heterocycles. The van der Waals surface area contributed by atoms with Gasteiger partial charge in [0.15, 0.2) is 0 Å². The molecule has 4 nitrogen and oxygen atoms in total. The van der Waals surface area contributed by atoms with E-state index in [0.717, 1.165) is 10.9 Å². The van der Waals surface area contributed by atoms with Gasteiger partial charge in [-0.1, -0.05) is 18.2 Å². The molecule has 0 fully saturated rings. The van der Waals surface area contributed by atoms with E-state index >= 15 is 0 Å². The predicted molar refractivity (Wildman–Crippen MR) is 84.4 cm³/mol. The SMILES string of the molecule is CC(C)(C)OC=O.CC(C)Oc1ccc2ccccc2n1. The first-order chi connectivity index (χ1) is 9.81. The average Bonchev–Trinajstić information content (AvgIpc) is 2.37. The van der Waals surface area contributed by atoms with E-state index in [1.54, 1.807) is 0 Å². The van der Waals surface area contributed by atoms with Gasteiger partial charge in [-0.05, 0) is 46.8 Å². The Bertz CT molecular complexity index is 574. The van der Waals surface area contributed by atoms with Gasteiger partial charge < -0.3 is 9.47 Å². The van der Waals surface area contributed by atoms with Crippen LogP contribution in [-0.2, 0) is 9.53 Å². The molecule has 0 spiro atoms. The fraction of sp³-hybridized carbons (Fsp3) is 0.412. The summed E-state index contributed by atoms with van der Waals surface area (Å²) in [5, 5.41) is 1.14. The first-order valence-electron chi connectivity index (χ1n) is 6.96.